The SMILES string of the molecule is CC(C)(C)OC1(C(=O)O)CCSC1. The van der Waals surface area contributed by atoms with E-state index < -0.39 is 11.6 Å². The van der Waals surface area contributed by atoms with Gasteiger partial charge in [-0.1, -0.05) is 0 Å². The van der Waals surface area contributed by atoms with Gasteiger partial charge in [0, 0.05) is 5.75 Å². The average molecular weight is 204 g/mol. The van der Waals surface area contributed by atoms with Crippen LogP contribution >= 0.6 is 11.8 Å². The van der Waals surface area contributed by atoms with Crippen LogP contribution in [0.15, 0.2) is 0 Å². The highest BCUT2D eigenvalue weighted by atomic mass is 32.2. The number of thioether (sulfide) groups is 1. The van der Waals surface area contributed by atoms with Crippen LogP contribution in [0.3, 0.4) is 0 Å². The number of hydrogen-bond donors (Lipinski definition) is 1. The van der Waals surface area contributed by atoms with Gasteiger partial charge in [0.1, 0.15) is 0 Å². The summed E-state index contributed by atoms with van der Waals surface area (Å²) in [6.07, 6.45) is 0.615. The van der Waals surface area contributed by atoms with E-state index >= 15 is 0 Å². The fourth-order valence-corrected chi connectivity index (χ4v) is 2.70. The standard InChI is InChI=1S/C9H16O3S/c1-8(2,3)12-9(7(10)11)4-5-13-6-9/h4-6H2,1-3H3,(H,10,11). The summed E-state index contributed by atoms with van der Waals surface area (Å²) in [5, 5.41) is 9.09. The summed E-state index contributed by atoms with van der Waals surface area (Å²) >= 11 is 1.64. The molecule has 1 atom stereocenters. The third kappa shape index (κ3) is 2.61. The Morgan fingerprint density at radius 2 is 2.15 bits per heavy atom. The molecule has 1 fully saturated rings. The van der Waals surface area contributed by atoms with Crippen LogP contribution in [0.25, 0.3) is 0 Å². The van der Waals surface area contributed by atoms with Crippen molar-refractivity contribution in [1.29, 1.82) is 0 Å². The maximum atomic E-state index is 11.1. The molecule has 76 valence electrons. The van der Waals surface area contributed by atoms with E-state index in [2.05, 4.69) is 0 Å². The minimum Gasteiger partial charge on any atom is -0.479 e. The first kappa shape index (κ1) is 10.9. The molecule has 0 aromatic heterocycles. The van der Waals surface area contributed by atoms with Gasteiger partial charge < -0.3 is 9.84 Å². The van der Waals surface area contributed by atoms with Gasteiger partial charge >= 0.3 is 5.97 Å². The van der Waals surface area contributed by atoms with Gasteiger partial charge in [0.15, 0.2) is 5.60 Å². The Hall–Kier alpha value is -0.220. The molecule has 1 saturated heterocycles. The summed E-state index contributed by atoms with van der Waals surface area (Å²) in [7, 11) is 0. The first-order chi connectivity index (χ1) is 5.86. The first-order valence-corrected chi connectivity index (χ1v) is 5.53. The maximum Gasteiger partial charge on any atom is 0.336 e. The van der Waals surface area contributed by atoms with Crippen molar-refractivity contribution in [3.63, 3.8) is 0 Å². The number of carbonyl (C=O) groups is 1. The van der Waals surface area contributed by atoms with Crippen molar-refractivity contribution in [2.24, 2.45) is 0 Å². The molecule has 1 unspecified atom stereocenters. The van der Waals surface area contributed by atoms with E-state index in [1.54, 1.807) is 11.8 Å². The monoisotopic (exact) mass is 204 g/mol. The maximum absolute atomic E-state index is 11.1. The molecule has 0 saturated carbocycles. The second kappa shape index (κ2) is 3.50. The van der Waals surface area contributed by atoms with Gasteiger partial charge in [-0.25, -0.2) is 4.79 Å². The largest absolute Gasteiger partial charge is 0.479 e. The summed E-state index contributed by atoms with van der Waals surface area (Å²) in [6, 6.07) is 0. The average Bonchev–Trinajstić information content (AvgIpc) is 2.33. The highest BCUT2D eigenvalue weighted by Crippen LogP contribution is 2.34. The quantitative estimate of drug-likeness (QED) is 0.744. The Morgan fingerprint density at radius 3 is 2.46 bits per heavy atom. The molecular weight excluding hydrogens is 188 g/mol. The lowest BCUT2D eigenvalue weighted by Gasteiger charge is -2.32. The molecule has 4 heteroatoms. The van der Waals surface area contributed by atoms with Crippen molar-refractivity contribution in [2.45, 2.75) is 38.4 Å². The number of rotatable bonds is 2. The van der Waals surface area contributed by atoms with E-state index in [1.165, 1.54) is 0 Å². The van der Waals surface area contributed by atoms with Crippen molar-refractivity contribution >= 4 is 17.7 Å². The number of aliphatic carboxylic acids is 1. The van der Waals surface area contributed by atoms with Gasteiger partial charge in [-0.05, 0) is 32.9 Å². The fraction of sp³-hybridized carbons (Fsp3) is 0.889. The summed E-state index contributed by atoms with van der Waals surface area (Å²) in [6.45, 7) is 5.67. The van der Waals surface area contributed by atoms with E-state index in [1.807, 2.05) is 20.8 Å². The zero-order valence-corrected chi connectivity index (χ0v) is 9.11. The smallest absolute Gasteiger partial charge is 0.336 e. The molecule has 1 heterocycles. The van der Waals surface area contributed by atoms with E-state index in [0.717, 1.165) is 5.75 Å². The van der Waals surface area contributed by atoms with Crippen molar-refractivity contribution in [2.75, 3.05) is 11.5 Å². The second-order valence-corrected chi connectivity index (χ2v) is 5.42. The van der Waals surface area contributed by atoms with Crippen LogP contribution in [0.4, 0.5) is 0 Å². The van der Waals surface area contributed by atoms with Gasteiger partial charge in [-0.3, -0.25) is 0 Å². The summed E-state index contributed by atoms with van der Waals surface area (Å²) in [5.74, 6) is 0.620. The molecule has 0 spiro atoms. The predicted octanol–water partition coefficient (Wildman–Crippen LogP) is 1.76. The molecular formula is C9H16O3S. The van der Waals surface area contributed by atoms with Gasteiger partial charge in [-0.2, -0.15) is 11.8 Å². The van der Waals surface area contributed by atoms with Gasteiger partial charge in [0.2, 0.25) is 0 Å². The third-order valence-corrected chi connectivity index (χ3v) is 3.04. The van der Waals surface area contributed by atoms with E-state index in [9.17, 15) is 4.79 Å². The molecule has 3 nitrogen and oxygen atoms in total. The van der Waals surface area contributed by atoms with Crippen LogP contribution in [-0.2, 0) is 9.53 Å². The van der Waals surface area contributed by atoms with Crippen LogP contribution < -0.4 is 0 Å². The normalized spacial score (nSPS) is 29.2. The number of ether oxygens (including phenoxy) is 1. The Labute approximate surface area is 82.8 Å². The van der Waals surface area contributed by atoms with Crippen LogP contribution in [0, 0.1) is 0 Å². The lowest BCUT2D eigenvalue weighted by Crippen LogP contribution is -2.46. The molecule has 0 amide bonds. The van der Waals surface area contributed by atoms with Crippen LogP contribution in [-0.4, -0.2) is 33.8 Å². The zero-order chi connectivity index (χ0) is 10.1. The summed E-state index contributed by atoms with van der Waals surface area (Å²) in [4.78, 5) is 11.1. The number of carboxylic acid groups (broad SMARTS) is 1. The van der Waals surface area contributed by atoms with E-state index in [-0.39, 0.29) is 5.60 Å². The number of hydrogen-bond acceptors (Lipinski definition) is 3. The Kier molecular flexibility index (Phi) is 2.92. The van der Waals surface area contributed by atoms with Gasteiger partial charge in [-0.15, -0.1) is 0 Å². The van der Waals surface area contributed by atoms with Crippen LogP contribution in [0.1, 0.15) is 27.2 Å². The zero-order valence-electron chi connectivity index (χ0n) is 8.29. The lowest BCUT2D eigenvalue weighted by atomic mass is 10.0. The van der Waals surface area contributed by atoms with Crippen LogP contribution in [0.2, 0.25) is 0 Å². The van der Waals surface area contributed by atoms with Crippen molar-refractivity contribution < 1.29 is 14.6 Å². The molecule has 0 aromatic rings. The molecule has 0 bridgehead atoms. The molecule has 0 aromatic carbocycles. The van der Waals surface area contributed by atoms with Crippen LogP contribution in [0.5, 0.6) is 0 Å². The predicted molar refractivity (Wildman–Crippen MR) is 53.1 cm³/mol. The first-order valence-electron chi connectivity index (χ1n) is 4.37. The highest BCUT2D eigenvalue weighted by molar-refractivity contribution is 7.99. The molecule has 0 radical (unpaired) electrons. The second-order valence-electron chi connectivity index (χ2n) is 4.32. The summed E-state index contributed by atoms with van der Waals surface area (Å²) < 4.78 is 5.63. The molecule has 1 aliphatic heterocycles. The minimum absolute atomic E-state index is 0.386. The molecule has 1 N–H and O–H groups in total. The fourth-order valence-electron chi connectivity index (χ4n) is 1.43. The van der Waals surface area contributed by atoms with E-state index in [0.29, 0.717) is 12.2 Å². The molecule has 13 heavy (non-hydrogen) atoms. The summed E-state index contributed by atoms with van der Waals surface area (Å²) in [5.41, 5.74) is -1.33. The van der Waals surface area contributed by atoms with Crippen molar-refractivity contribution in [3.05, 3.63) is 0 Å². The lowest BCUT2D eigenvalue weighted by molar-refractivity contribution is -0.178. The number of carboxylic acids is 1. The Bertz CT molecular complexity index is 201. The van der Waals surface area contributed by atoms with E-state index in [4.69, 9.17) is 9.84 Å². The van der Waals surface area contributed by atoms with Gasteiger partial charge in [0.05, 0.1) is 5.60 Å². The molecule has 1 aliphatic rings. The third-order valence-electron chi connectivity index (χ3n) is 1.88. The Morgan fingerprint density at radius 1 is 1.54 bits per heavy atom. The molecule has 1 rings (SSSR count). The van der Waals surface area contributed by atoms with Crippen molar-refractivity contribution in [1.82, 2.24) is 0 Å². The van der Waals surface area contributed by atoms with Gasteiger partial charge in [0.25, 0.3) is 0 Å². The minimum atomic E-state index is -0.942. The molecule has 0 aliphatic carbocycles. The highest BCUT2D eigenvalue weighted by Gasteiger charge is 2.45. The Balaban J connectivity index is 2.74. The van der Waals surface area contributed by atoms with Crippen molar-refractivity contribution in [3.8, 4) is 0 Å². The topological polar surface area (TPSA) is 46.5 Å².